The first kappa shape index (κ1) is 15.6. The third-order valence-corrected chi connectivity index (χ3v) is 6.00. The minimum Gasteiger partial charge on any atom is -0.449 e. The molecule has 24 heavy (non-hydrogen) atoms. The molecule has 4 aliphatic rings. The Balaban J connectivity index is 1.38. The SMILES string of the molecule is C[C@H](OC(=O)c1ccncc1)C(=O)NC12CC3CC(CC(C3)C1)C2. The molecule has 0 spiro atoms. The Bertz CT molecular complexity index is 608. The van der Waals surface area contributed by atoms with Crippen LogP contribution < -0.4 is 5.32 Å². The molecule has 0 aliphatic heterocycles. The molecular weight excluding hydrogens is 304 g/mol. The number of ether oxygens (including phenoxy) is 1. The number of hydrogen-bond acceptors (Lipinski definition) is 4. The number of nitrogens with zero attached hydrogens (tertiary/aromatic N) is 1. The number of rotatable bonds is 4. The monoisotopic (exact) mass is 328 g/mol. The van der Waals surface area contributed by atoms with Crippen LogP contribution in [0.4, 0.5) is 0 Å². The van der Waals surface area contributed by atoms with Crippen molar-refractivity contribution in [2.75, 3.05) is 0 Å². The standard InChI is InChI=1S/C19H24N2O3/c1-12(24-18(23)16-2-4-20-5-3-16)17(22)21-19-9-13-6-14(10-19)8-15(7-13)11-19/h2-5,12-15H,6-11H2,1H3,(H,21,22)/t12-,13?,14?,15?,19?/m0/s1. The van der Waals surface area contributed by atoms with Crippen LogP contribution in [0.25, 0.3) is 0 Å². The van der Waals surface area contributed by atoms with E-state index in [1.165, 1.54) is 31.7 Å². The van der Waals surface area contributed by atoms with Gasteiger partial charge in [0.15, 0.2) is 6.10 Å². The molecule has 0 unspecified atom stereocenters. The van der Waals surface area contributed by atoms with Crippen molar-refractivity contribution < 1.29 is 14.3 Å². The lowest BCUT2D eigenvalue weighted by atomic mass is 9.53. The van der Waals surface area contributed by atoms with Gasteiger partial charge in [0.2, 0.25) is 0 Å². The number of pyridine rings is 1. The fourth-order valence-corrected chi connectivity index (χ4v) is 5.40. The zero-order chi connectivity index (χ0) is 16.7. The first-order valence-electron chi connectivity index (χ1n) is 8.96. The maximum absolute atomic E-state index is 12.6. The van der Waals surface area contributed by atoms with Crippen LogP contribution in [0.1, 0.15) is 55.8 Å². The van der Waals surface area contributed by atoms with Gasteiger partial charge in [-0.05, 0) is 75.3 Å². The molecule has 128 valence electrons. The van der Waals surface area contributed by atoms with Crippen molar-refractivity contribution in [2.24, 2.45) is 17.8 Å². The Hall–Kier alpha value is -1.91. The molecule has 0 saturated heterocycles. The first-order valence-corrected chi connectivity index (χ1v) is 8.96. The zero-order valence-electron chi connectivity index (χ0n) is 14.0. The second-order valence-electron chi connectivity index (χ2n) is 7.97. The van der Waals surface area contributed by atoms with E-state index < -0.39 is 12.1 Å². The van der Waals surface area contributed by atoms with Gasteiger partial charge in [0.05, 0.1) is 5.56 Å². The molecule has 1 heterocycles. The van der Waals surface area contributed by atoms with E-state index in [0.717, 1.165) is 37.0 Å². The Kier molecular flexibility index (Phi) is 3.82. The van der Waals surface area contributed by atoms with Crippen LogP contribution in [0, 0.1) is 17.8 Å². The maximum atomic E-state index is 12.6. The molecule has 5 heteroatoms. The van der Waals surface area contributed by atoms with E-state index >= 15 is 0 Å². The zero-order valence-corrected chi connectivity index (χ0v) is 14.0. The molecule has 1 N–H and O–H groups in total. The summed E-state index contributed by atoms with van der Waals surface area (Å²) in [5, 5.41) is 3.25. The highest BCUT2D eigenvalue weighted by Crippen LogP contribution is 2.55. The molecular formula is C19H24N2O3. The van der Waals surface area contributed by atoms with Gasteiger partial charge in [0, 0.05) is 17.9 Å². The average molecular weight is 328 g/mol. The van der Waals surface area contributed by atoms with Gasteiger partial charge in [0.1, 0.15) is 0 Å². The average Bonchev–Trinajstić information content (AvgIpc) is 2.53. The summed E-state index contributed by atoms with van der Waals surface area (Å²) in [5.74, 6) is 1.66. The van der Waals surface area contributed by atoms with E-state index in [9.17, 15) is 9.59 Å². The van der Waals surface area contributed by atoms with E-state index in [1.807, 2.05) is 0 Å². The molecule has 4 aliphatic carbocycles. The largest absolute Gasteiger partial charge is 0.449 e. The minimum absolute atomic E-state index is 0.0524. The van der Waals surface area contributed by atoms with E-state index in [-0.39, 0.29) is 11.4 Å². The number of esters is 1. The third kappa shape index (κ3) is 2.92. The summed E-state index contributed by atoms with van der Waals surface area (Å²) in [6.07, 6.45) is 9.58. The highest BCUT2D eigenvalue weighted by molar-refractivity contribution is 5.92. The van der Waals surface area contributed by atoms with E-state index in [1.54, 1.807) is 19.1 Å². The summed E-state index contributed by atoms with van der Waals surface area (Å²) in [7, 11) is 0. The van der Waals surface area contributed by atoms with E-state index in [0.29, 0.717) is 5.56 Å². The predicted octanol–water partition coefficient (Wildman–Crippen LogP) is 2.71. The van der Waals surface area contributed by atoms with Crippen molar-refractivity contribution in [3.05, 3.63) is 30.1 Å². The Morgan fingerprint density at radius 3 is 2.21 bits per heavy atom. The van der Waals surface area contributed by atoms with Crippen molar-refractivity contribution in [1.29, 1.82) is 0 Å². The predicted molar refractivity (Wildman–Crippen MR) is 88.2 cm³/mol. The smallest absolute Gasteiger partial charge is 0.339 e. The van der Waals surface area contributed by atoms with Gasteiger partial charge >= 0.3 is 5.97 Å². The lowest BCUT2D eigenvalue weighted by Gasteiger charge is -2.57. The number of carbonyl (C=O) groups is 2. The maximum Gasteiger partial charge on any atom is 0.339 e. The van der Waals surface area contributed by atoms with Crippen LogP contribution in [-0.2, 0) is 9.53 Å². The Morgan fingerprint density at radius 1 is 1.12 bits per heavy atom. The summed E-state index contributed by atoms with van der Waals surface area (Å²) in [4.78, 5) is 28.6. The number of aromatic nitrogens is 1. The van der Waals surface area contributed by atoms with Gasteiger partial charge < -0.3 is 10.1 Å². The Labute approximate surface area is 142 Å². The highest BCUT2D eigenvalue weighted by atomic mass is 16.5. The normalized spacial score (nSPS) is 34.6. The van der Waals surface area contributed by atoms with Crippen molar-refractivity contribution in [3.8, 4) is 0 Å². The third-order valence-electron chi connectivity index (χ3n) is 6.00. The molecule has 1 amide bonds. The van der Waals surface area contributed by atoms with Crippen LogP contribution in [0.3, 0.4) is 0 Å². The van der Waals surface area contributed by atoms with Crippen LogP contribution in [-0.4, -0.2) is 28.5 Å². The molecule has 5 nitrogen and oxygen atoms in total. The second-order valence-corrected chi connectivity index (χ2v) is 7.97. The van der Waals surface area contributed by atoms with Gasteiger partial charge in [0.25, 0.3) is 5.91 Å². The molecule has 0 radical (unpaired) electrons. The van der Waals surface area contributed by atoms with Crippen molar-refractivity contribution in [2.45, 2.75) is 57.1 Å². The summed E-state index contributed by atoms with van der Waals surface area (Å²) >= 11 is 0. The molecule has 1 aromatic rings. The number of amides is 1. The van der Waals surface area contributed by atoms with Gasteiger partial charge in [-0.15, -0.1) is 0 Å². The fraction of sp³-hybridized carbons (Fsp3) is 0.632. The summed E-state index contributed by atoms with van der Waals surface area (Å²) < 4.78 is 5.33. The lowest BCUT2D eigenvalue weighted by molar-refractivity contribution is -0.134. The van der Waals surface area contributed by atoms with Crippen molar-refractivity contribution >= 4 is 11.9 Å². The van der Waals surface area contributed by atoms with E-state index in [2.05, 4.69) is 10.3 Å². The quantitative estimate of drug-likeness (QED) is 0.863. The Morgan fingerprint density at radius 2 is 1.67 bits per heavy atom. The highest BCUT2D eigenvalue weighted by Gasteiger charge is 2.51. The summed E-state index contributed by atoms with van der Waals surface area (Å²) in [6.45, 7) is 1.65. The van der Waals surface area contributed by atoms with Crippen LogP contribution in [0.2, 0.25) is 0 Å². The molecule has 4 saturated carbocycles. The molecule has 1 atom stereocenters. The lowest BCUT2D eigenvalue weighted by Crippen LogP contribution is -2.61. The topological polar surface area (TPSA) is 68.3 Å². The number of carbonyl (C=O) groups excluding carboxylic acids is 2. The van der Waals surface area contributed by atoms with Crippen molar-refractivity contribution in [1.82, 2.24) is 10.3 Å². The second kappa shape index (κ2) is 5.87. The van der Waals surface area contributed by atoms with Crippen LogP contribution in [0.5, 0.6) is 0 Å². The van der Waals surface area contributed by atoms with Gasteiger partial charge in [-0.25, -0.2) is 4.79 Å². The summed E-state index contributed by atoms with van der Waals surface area (Å²) in [5.41, 5.74) is 0.364. The molecule has 4 fully saturated rings. The van der Waals surface area contributed by atoms with Gasteiger partial charge in [-0.3, -0.25) is 9.78 Å². The van der Waals surface area contributed by atoms with Crippen molar-refractivity contribution in [3.63, 3.8) is 0 Å². The fourth-order valence-electron chi connectivity index (χ4n) is 5.40. The number of hydrogen-bond donors (Lipinski definition) is 1. The first-order chi connectivity index (χ1) is 11.5. The van der Waals surface area contributed by atoms with E-state index in [4.69, 9.17) is 4.74 Å². The van der Waals surface area contributed by atoms with Crippen LogP contribution >= 0.6 is 0 Å². The molecule has 0 aromatic carbocycles. The molecule has 5 rings (SSSR count). The van der Waals surface area contributed by atoms with Gasteiger partial charge in [-0.2, -0.15) is 0 Å². The molecule has 4 bridgehead atoms. The number of nitrogens with one attached hydrogen (secondary N) is 1. The van der Waals surface area contributed by atoms with Gasteiger partial charge in [-0.1, -0.05) is 0 Å². The molecule has 1 aromatic heterocycles. The van der Waals surface area contributed by atoms with Crippen LogP contribution in [0.15, 0.2) is 24.5 Å². The minimum atomic E-state index is -0.779. The summed E-state index contributed by atoms with van der Waals surface area (Å²) in [6, 6.07) is 3.18.